The number of nitrogens with zero attached hydrogens (tertiary/aromatic N) is 2. The van der Waals surface area contributed by atoms with Gasteiger partial charge in [-0.3, -0.25) is 14.6 Å². The number of likely N-dealkylation sites (tertiary alicyclic amines) is 1. The van der Waals surface area contributed by atoms with Crippen LogP contribution in [0, 0.1) is 5.92 Å². The number of ether oxygens (including phenoxy) is 2. The average molecular weight is 469 g/mol. The first-order valence-corrected chi connectivity index (χ1v) is 8.97. The highest BCUT2D eigenvalue weighted by atomic mass is 127. The topological polar surface area (TPSA) is 80.2 Å². The van der Waals surface area contributed by atoms with Gasteiger partial charge >= 0.3 is 11.9 Å². The third-order valence-electron chi connectivity index (χ3n) is 3.86. The van der Waals surface area contributed by atoms with Crippen LogP contribution in [0.4, 0.5) is 0 Å². The van der Waals surface area contributed by atoms with Gasteiger partial charge in [0.25, 0.3) is 0 Å². The monoisotopic (exact) mass is 469 g/mol. The van der Waals surface area contributed by atoms with E-state index in [1.165, 1.54) is 0 Å². The van der Waals surface area contributed by atoms with Gasteiger partial charge in [0.1, 0.15) is 0 Å². The van der Waals surface area contributed by atoms with Gasteiger partial charge in [-0.2, -0.15) is 0 Å². The quantitative estimate of drug-likeness (QED) is 0.193. The van der Waals surface area contributed by atoms with Crippen molar-refractivity contribution >= 4 is 41.9 Å². The third-order valence-corrected chi connectivity index (χ3v) is 3.86. The van der Waals surface area contributed by atoms with Gasteiger partial charge in [0.15, 0.2) is 5.96 Å². The molecule has 0 unspecified atom stereocenters. The molecule has 0 aliphatic carbocycles. The van der Waals surface area contributed by atoms with E-state index >= 15 is 0 Å². The SMILES string of the molecule is CCNC(=NCCCC(=O)OCC)N1CCC(C(=O)OCC)CC1.I. The molecule has 0 aromatic carbocycles. The van der Waals surface area contributed by atoms with Gasteiger partial charge in [0.2, 0.25) is 0 Å². The summed E-state index contributed by atoms with van der Waals surface area (Å²) in [7, 11) is 0. The molecule has 1 rings (SSSR count). The zero-order valence-corrected chi connectivity index (χ0v) is 17.9. The van der Waals surface area contributed by atoms with Crippen LogP contribution in [-0.4, -0.2) is 62.2 Å². The van der Waals surface area contributed by atoms with Crippen molar-refractivity contribution in [3.8, 4) is 0 Å². The molecule has 0 saturated carbocycles. The van der Waals surface area contributed by atoms with Gasteiger partial charge in [0, 0.05) is 32.6 Å². The standard InChI is InChI=1S/C17H31N3O4.HI/c1-4-18-17(19-11-7-8-15(21)23-5-2)20-12-9-14(10-13-20)16(22)24-6-3;/h14H,4-13H2,1-3H3,(H,18,19);1H. The Hall–Kier alpha value is -1.06. The van der Waals surface area contributed by atoms with Crippen LogP contribution in [0.5, 0.6) is 0 Å². The molecular weight excluding hydrogens is 437 g/mol. The lowest BCUT2D eigenvalue weighted by Crippen LogP contribution is -2.46. The molecule has 1 aliphatic rings. The van der Waals surface area contributed by atoms with E-state index in [9.17, 15) is 9.59 Å². The third kappa shape index (κ3) is 9.27. The van der Waals surface area contributed by atoms with E-state index in [2.05, 4.69) is 15.2 Å². The predicted octanol–water partition coefficient (Wildman–Crippen LogP) is 2.19. The molecule has 1 saturated heterocycles. The summed E-state index contributed by atoms with van der Waals surface area (Å²) in [6, 6.07) is 0. The fraction of sp³-hybridized carbons (Fsp3) is 0.824. The molecule has 0 spiro atoms. The van der Waals surface area contributed by atoms with E-state index in [-0.39, 0.29) is 41.8 Å². The van der Waals surface area contributed by atoms with Gasteiger partial charge in [-0.05, 0) is 40.0 Å². The number of piperidine rings is 1. The second-order valence-electron chi connectivity index (χ2n) is 5.66. The lowest BCUT2D eigenvalue weighted by atomic mass is 9.97. The number of esters is 2. The fourth-order valence-corrected chi connectivity index (χ4v) is 2.65. The zero-order chi connectivity index (χ0) is 17.8. The van der Waals surface area contributed by atoms with Gasteiger partial charge in [-0.1, -0.05) is 0 Å². The number of hydrogen-bond acceptors (Lipinski definition) is 5. The highest BCUT2D eigenvalue weighted by Crippen LogP contribution is 2.18. The van der Waals surface area contributed by atoms with Crippen LogP contribution in [0.15, 0.2) is 4.99 Å². The maximum Gasteiger partial charge on any atom is 0.309 e. The first-order chi connectivity index (χ1) is 11.6. The van der Waals surface area contributed by atoms with Crippen molar-refractivity contribution < 1.29 is 19.1 Å². The largest absolute Gasteiger partial charge is 0.466 e. The molecule has 1 N–H and O–H groups in total. The predicted molar refractivity (Wildman–Crippen MR) is 108 cm³/mol. The Morgan fingerprint density at radius 1 is 1.12 bits per heavy atom. The van der Waals surface area contributed by atoms with Crippen LogP contribution in [0.1, 0.15) is 46.5 Å². The summed E-state index contributed by atoms with van der Waals surface area (Å²) >= 11 is 0. The van der Waals surface area contributed by atoms with Gasteiger partial charge in [0.05, 0.1) is 19.1 Å². The minimum atomic E-state index is -0.173. The summed E-state index contributed by atoms with van der Waals surface area (Å²) < 4.78 is 10.0. The van der Waals surface area contributed by atoms with Crippen molar-refractivity contribution in [2.24, 2.45) is 10.9 Å². The number of guanidine groups is 1. The van der Waals surface area contributed by atoms with E-state index in [1.54, 1.807) is 6.92 Å². The van der Waals surface area contributed by atoms with Crippen molar-refractivity contribution in [3.05, 3.63) is 0 Å². The highest BCUT2D eigenvalue weighted by Gasteiger charge is 2.27. The zero-order valence-electron chi connectivity index (χ0n) is 15.6. The maximum absolute atomic E-state index is 11.8. The second kappa shape index (κ2) is 14.1. The number of halogens is 1. The second-order valence-corrected chi connectivity index (χ2v) is 5.66. The molecule has 0 bridgehead atoms. The Bertz CT molecular complexity index is 424. The Morgan fingerprint density at radius 3 is 2.32 bits per heavy atom. The molecule has 7 nitrogen and oxygen atoms in total. The molecule has 8 heteroatoms. The Labute approximate surface area is 167 Å². The van der Waals surface area contributed by atoms with E-state index in [0.717, 1.165) is 38.4 Å². The molecule has 1 aliphatic heterocycles. The summed E-state index contributed by atoms with van der Waals surface area (Å²) in [5.74, 6) is 0.582. The number of aliphatic imine (C=N–C) groups is 1. The molecule has 1 fully saturated rings. The van der Waals surface area contributed by atoms with Crippen molar-refractivity contribution in [1.82, 2.24) is 10.2 Å². The van der Waals surface area contributed by atoms with Crippen LogP contribution in [0.2, 0.25) is 0 Å². The fourth-order valence-electron chi connectivity index (χ4n) is 2.65. The molecule has 0 amide bonds. The lowest BCUT2D eigenvalue weighted by molar-refractivity contribution is -0.149. The number of carbonyl (C=O) groups excluding carboxylic acids is 2. The minimum absolute atomic E-state index is 0. The summed E-state index contributed by atoms with van der Waals surface area (Å²) in [6.07, 6.45) is 2.63. The van der Waals surface area contributed by atoms with Crippen LogP contribution < -0.4 is 5.32 Å². The van der Waals surface area contributed by atoms with Crippen molar-refractivity contribution in [1.29, 1.82) is 0 Å². The van der Waals surface area contributed by atoms with Crippen LogP contribution >= 0.6 is 24.0 Å². The minimum Gasteiger partial charge on any atom is -0.466 e. The van der Waals surface area contributed by atoms with Gasteiger partial charge in [-0.15, -0.1) is 24.0 Å². The van der Waals surface area contributed by atoms with Crippen LogP contribution in [-0.2, 0) is 19.1 Å². The number of nitrogens with one attached hydrogen (secondary N) is 1. The molecule has 0 aromatic rings. The number of carbonyl (C=O) groups is 2. The molecule has 0 aromatic heterocycles. The normalized spacial score (nSPS) is 15.3. The van der Waals surface area contributed by atoms with E-state index in [4.69, 9.17) is 9.47 Å². The highest BCUT2D eigenvalue weighted by molar-refractivity contribution is 14.0. The molecule has 0 atom stereocenters. The van der Waals surface area contributed by atoms with E-state index in [0.29, 0.717) is 32.6 Å². The molecule has 146 valence electrons. The first-order valence-electron chi connectivity index (χ1n) is 8.97. The number of rotatable bonds is 8. The molecule has 0 radical (unpaired) electrons. The summed E-state index contributed by atoms with van der Waals surface area (Å²) in [6.45, 7) is 9.45. The van der Waals surface area contributed by atoms with Gasteiger partial charge in [-0.25, -0.2) is 0 Å². The summed E-state index contributed by atoms with van der Waals surface area (Å²) in [4.78, 5) is 29.9. The van der Waals surface area contributed by atoms with E-state index < -0.39 is 0 Å². The van der Waals surface area contributed by atoms with Crippen molar-refractivity contribution in [2.45, 2.75) is 46.5 Å². The Kier molecular flexibility index (Phi) is 13.5. The number of hydrogen-bond donors (Lipinski definition) is 1. The first kappa shape index (κ1) is 23.9. The average Bonchev–Trinajstić information content (AvgIpc) is 2.58. The Morgan fingerprint density at radius 2 is 1.76 bits per heavy atom. The van der Waals surface area contributed by atoms with Crippen molar-refractivity contribution in [3.63, 3.8) is 0 Å². The van der Waals surface area contributed by atoms with E-state index in [1.807, 2.05) is 13.8 Å². The van der Waals surface area contributed by atoms with Crippen LogP contribution in [0.3, 0.4) is 0 Å². The molecule has 25 heavy (non-hydrogen) atoms. The summed E-state index contributed by atoms with van der Waals surface area (Å²) in [5.41, 5.74) is 0. The summed E-state index contributed by atoms with van der Waals surface area (Å²) in [5, 5.41) is 3.28. The van der Waals surface area contributed by atoms with Crippen molar-refractivity contribution in [2.75, 3.05) is 39.4 Å². The van der Waals surface area contributed by atoms with Crippen LogP contribution in [0.25, 0.3) is 0 Å². The lowest BCUT2D eigenvalue weighted by Gasteiger charge is -2.33. The maximum atomic E-state index is 11.8. The smallest absolute Gasteiger partial charge is 0.309 e. The molecular formula is C17H32IN3O4. The Balaban J connectivity index is 0.00000576. The molecule has 1 heterocycles. The van der Waals surface area contributed by atoms with Gasteiger partial charge < -0.3 is 19.7 Å².